The highest BCUT2D eigenvalue weighted by Gasteiger charge is 1.97. The van der Waals surface area contributed by atoms with Crippen molar-refractivity contribution in [2.45, 2.75) is 25.7 Å². The van der Waals surface area contributed by atoms with E-state index in [0.29, 0.717) is 0 Å². The van der Waals surface area contributed by atoms with Crippen molar-refractivity contribution in [1.82, 2.24) is 0 Å². The highest BCUT2D eigenvalue weighted by Crippen LogP contribution is 2.19. The van der Waals surface area contributed by atoms with Gasteiger partial charge in [-0.15, -0.1) is 6.58 Å². The number of allylic oxidation sites excluding steroid dienone is 1. The van der Waals surface area contributed by atoms with E-state index < -0.39 is 0 Å². The molecule has 18 heavy (non-hydrogen) atoms. The number of hydrogen-bond acceptors (Lipinski definition) is 0. The molecule has 2 aromatic rings. The Morgan fingerprint density at radius 2 is 1.44 bits per heavy atom. The van der Waals surface area contributed by atoms with E-state index in [9.17, 15) is 0 Å². The van der Waals surface area contributed by atoms with Crippen molar-refractivity contribution in [3.63, 3.8) is 0 Å². The molecule has 0 amide bonds. The van der Waals surface area contributed by atoms with Gasteiger partial charge in [0, 0.05) is 0 Å². The van der Waals surface area contributed by atoms with Crippen LogP contribution in [0.15, 0.2) is 67.3 Å². The lowest BCUT2D eigenvalue weighted by molar-refractivity contribution is 0.748. The Labute approximate surface area is 110 Å². The van der Waals surface area contributed by atoms with E-state index in [-0.39, 0.29) is 0 Å². The van der Waals surface area contributed by atoms with Gasteiger partial charge in [0.15, 0.2) is 0 Å². The minimum Gasteiger partial charge on any atom is -0.103 e. The summed E-state index contributed by atoms with van der Waals surface area (Å²) in [5, 5.41) is 0. The van der Waals surface area contributed by atoms with Crippen molar-refractivity contribution >= 4 is 0 Å². The third-order valence-corrected chi connectivity index (χ3v) is 3.18. The van der Waals surface area contributed by atoms with Crippen LogP contribution in [0.5, 0.6) is 0 Å². The zero-order valence-electron chi connectivity index (χ0n) is 10.8. The third-order valence-electron chi connectivity index (χ3n) is 3.18. The average molecular weight is 236 g/mol. The Bertz CT molecular complexity index is 465. The highest BCUT2D eigenvalue weighted by molar-refractivity contribution is 5.63. The lowest BCUT2D eigenvalue weighted by atomic mass is 10.0. The fraction of sp³-hybridized carbons (Fsp3) is 0.222. The minimum absolute atomic E-state index is 1.13. The maximum atomic E-state index is 3.75. The number of unbranched alkanes of at least 4 members (excludes halogenated alkanes) is 2. The first-order valence-corrected chi connectivity index (χ1v) is 6.65. The maximum absolute atomic E-state index is 3.75. The second-order valence-electron chi connectivity index (χ2n) is 4.60. The minimum atomic E-state index is 1.13. The number of hydrogen-bond donors (Lipinski definition) is 0. The summed E-state index contributed by atoms with van der Waals surface area (Å²) in [6, 6.07) is 19.5. The molecule has 2 aromatic carbocycles. The molecule has 0 N–H and O–H groups in total. The van der Waals surface area contributed by atoms with E-state index in [1.807, 2.05) is 6.08 Å². The summed E-state index contributed by atoms with van der Waals surface area (Å²) in [5.41, 5.74) is 4.01. The van der Waals surface area contributed by atoms with Gasteiger partial charge in [0.1, 0.15) is 0 Å². The predicted octanol–water partition coefficient (Wildman–Crippen LogP) is 5.25. The molecule has 0 aliphatic rings. The summed E-state index contributed by atoms with van der Waals surface area (Å²) in [7, 11) is 0. The molecule has 0 saturated carbocycles. The number of aryl methyl sites for hydroxylation is 1. The zero-order valence-corrected chi connectivity index (χ0v) is 10.8. The van der Waals surface area contributed by atoms with Gasteiger partial charge in [-0.2, -0.15) is 0 Å². The first-order chi connectivity index (χ1) is 8.90. The summed E-state index contributed by atoms with van der Waals surface area (Å²) >= 11 is 0. The van der Waals surface area contributed by atoms with E-state index in [0.717, 1.165) is 6.42 Å². The van der Waals surface area contributed by atoms with E-state index in [1.54, 1.807) is 0 Å². The van der Waals surface area contributed by atoms with Crippen molar-refractivity contribution in [1.29, 1.82) is 0 Å². The quantitative estimate of drug-likeness (QED) is 0.474. The molecule has 92 valence electrons. The van der Waals surface area contributed by atoms with Gasteiger partial charge in [-0.1, -0.05) is 60.7 Å². The van der Waals surface area contributed by atoms with Gasteiger partial charge in [-0.25, -0.2) is 0 Å². The van der Waals surface area contributed by atoms with Crippen LogP contribution in [-0.4, -0.2) is 0 Å². The van der Waals surface area contributed by atoms with Crippen LogP contribution in [0.1, 0.15) is 24.8 Å². The van der Waals surface area contributed by atoms with Gasteiger partial charge in [-0.3, -0.25) is 0 Å². The van der Waals surface area contributed by atoms with Gasteiger partial charge in [0.05, 0.1) is 0 Å². The average Bonchev–Trinajstić information content (AvgIpc) is 2.45. The summed E-state index contributed by atoms with van der Waals surface area (Å²) in [5.74, 6) is 0. The Balaban J connectivity index is 1.95. The van der Waals surface area contributed by atoms with Gasteiger partial charge in [0.25, 0.3) is 0 Å². The fourth-order valence-corrected chi connectivity index (χ4v) is 2.11. The molecule has 0 aromatic heterocycles. The largest absolute Gasteiger partial charge is 0.103 e. The Hall–Kier alpha value is -1.82. The molecule has 0 fully saturated rings. The van der Waals surface area contributed by atoms with Crippen molar-refractivity contribution in [3.8, 4) is 11.1 Å². The number of benzene rings is 2. The molecule has 0 unspecified atom stereocenters. The number of rotatable bonds is 6. The van der Waals surface area contributed by atoms with Crippen LogP contribution < -0.4 is 0 Å². The SMILES string of the molecule is C=CCCCCc1ccc(-c2ccccc2)cc1. The fourth-order valence-electron chi connectivity index (χ4n) is 2.11. The topological polar surface area (TPSA) is 0 Å². The second-order valence-corrected chi connectivity index (χ2v) is 4.60. The molecule has 0 heterocycles. The molecule has 0 aliphatic carbocycles. The molecule has 0 saturated heterocycles. The van der Waals surface area contributed by atoms with E-state index >= 15 is 0 Å². The third kappa shape index (κ3) is 3.59. The molecule has 2 rings (SSSR count). The van der Waals surface area contributed by atoms with Crippen LogP contribution in [0.3, 0.4) is 0 Å². The Kier molecular flexibility index (Phi) is 4.78. The van der Waals surface area contributed by atoms with E-state index in [4.69, 9.17) is 0 Å². The molecule has 0 aliphatic heterocycles. The van der Waals surface area contributed by atoms with Crippen LogP contribution in [-0.2, 0) is 6.42 Å². The van der Waals surface area contributed by atoms with Gasteiger partial charge in [-0.05, 0) is 42.4 Å². The molecular formula is C18H20. The lowest BCUT2D eigenvalue weighted by Crippen LogP contribution is -1.85. The van der Waals surface area contributed by atoms with Gasteiger partial charge in [0.2, 0.25) is 0 Å². The van der Waals surface area contributed by atoms with Crippen LogP contribution in [0.2, 0.25) is 0 Å². The standard InChI is InChI=1S/C18H20/c1-2-3-4-6-9-16-12-14-18(15-13-16)17-10-7-5-8-11-17/h2,5,7-8,10-15H,1,3-4,6,9H2. The van der Waals surface area contributed by atoms with Crippen molar-refractivity contribution in [2.75, 3.05) is 0 Å². The molecule has 0 radical (unpaired) electrons. The molecular weight excluding hydrogens is 216 g/mol. The maximum Gasteiger partial charge on any atom is -0.0184 e. The molecule has 0 atom stereocenters. The Morgan fingerprint density at radius 1 is 0.778 bits per heavy atom. The van der Waals surface area contributed by atoms with Crippen molar-refractivity contribution in [3.05, 3.63) is 72.8 Å². The predicted molar refractivity (Wildman–Crippen MR) is 79.6 cm³/mol. The van der Waals surface area contributed by atoms with Gasteiger partial charge >= 0.3 is 0 Å². The first kappa shape index (κ1) is 12.6. The summed E-state index contributed by atoms with van der Waals surface area (Å²) in [4.78, 5) is 0. The summed E-state index contributed by atoms with van der Waals surface area (Å²) in [6.07, 6.45) is 6.78. The molecule has 0 heteroatoms. The van der Waals surface area contributed by atoms with E-state index in [1.165, 1.54) is 36.0 Å². The van der Waals surface area contributed by atoms with Crippen LogP contribution in [0.4, 0.5) is 0 Å². The molecule has 0 bridgehead atoms. The smallest absolute Gasteiger partial charge is 0.0184 e. The summed E-state index contributed by atoms with van der Waals surface area (Å²) in [6.45, 7) is 3.75. The van der Waals surface area contributed by atoms with Crippen molar-refractivity contribution < 1.29 is 0 Å². The van der Waals surface area contributed by atoms with Crippen LogP contribution in [0.25, 0.3) is 11.1 Å². The van der Waals surface area contributed by atoms with Crippen LogP contribution >= 0.6 is 0 Å². The first-order valence-electron chi connectivity index (χ1n) is 6.65. The zero-order chi connectivity index (χ0) is 12.6. The molecule has 0 spiro atoms. The Morgan fingerprint density at radius 3 is 2.11 bits per heavy atom. The highest BCUT2D eigenvalue weighted by atomic mass is 14.0. The van der Waals surface area contributed by atoms with Gasteiger partial charge < -0.3 is 0 Å². The molecule has 0 nitrogen and oxygen atoms in total. The van der Waals surface area contributed by atoms with Crippen molar-refractivity contribution in [2.24, 2.45) is 0 Å². The second kappa shape index (κ2) is 6.80. The summed E-state index contributed by atoms with van der Waals surface area (Å²) < 4.78 is 0. The van der Waals surface area contributed by atoms with E-state index in [2.05, 4.69) is 61.2 Å². The van der Waals surface area contributed by atoms with Crippen LogP contribution in [0, 0.1) is 0 Å². The lowest BCUT2D eigenvalue weighted by Gasteiger charge is -2.04. The monoisotopic (exact) mass is 236 g/mol. The normalized spacial score (nSPS) is 10.2.